The summed E-state index contributed by atoms with van der Waals surface area (Å²) in [6.45, 7) is 9.22. The zero-order valence-corrected chi connectivity index (χ0v) is 14.2. The van der Waals surface area contributed by atoms with Crippen LogP contribution < -0.4 is 0 Å². The summed E-state index contributed by atoms with van der Waals surface area (Å²) in [4.78, 5) is 0. The predicted molar refractivity (Wildman–Crippen MR) is 91.3 cm³/mol. The molecule has 2 aromatic rings. The predicted octanol–water partition coefficient (Wildman–Crippen LogP) is 4.11. The Morgan fingerprint density at radius 2 is 1.26 bits per heavy atom. The molecule has 3 nitrogen and oxygen atoms in total. The summed E-state index contributed by atoms with van der Waals surface area (Å²) in [5.74, 6) is 0.868. The van der Waals surface area contributed by atoms with Crippen molar-refractivity contribution in [2.75, 3.05) is 13.2 Å². The lowest BCUT2D eigenvalue weighted by Crippen LogP contribution is -2.34. The topological polar surface area (TPSA) is 49.7 Å². The molecule has 122 valence electrons. The fourth-order valence-electron chi connectivity index (χ4n) is 3.58. The Labute approximate surface area is 137 Å². The first-order valence-corrected chi connectivity index (χ1v) is 8.06. The molecule has 1 aliphatic rings. The Morgan fingerprint density at radius 3 is 1.61 bits per heavy atom. The molecule has 0 radical (unpaired) electrons. The van der Waals surface area contributed by atoms with Crippen LogP contribution in [-0.2, 0) is 4.74 Å². The van der Waals surface area contributed by atoms with E-state index in [4.69, 9.17) is 4.74 Å². The lowest BCUT2D eigenvalue weighted by molar-refractivity contribution is -0.0397. The molecule has 1 fully saturated rings. The van der Waals surface area contributed by atoms with Gasteiger partial charge in [0, 0.05) is 23.0 Å². The molecule has 0 unspecified atom stereocenters. The fourth-order valence-corrected chi connectivity index (χ4v) is 3.58. The molecule has 0 amide bonds. The zero-order chi connectivity index (χ0) is 16.7. The van der Waals surface area contributed by atoms with Gasteiger partial charge in [0.25, 0.3) is 0 Å². The van der Waals surface area contributed by atoms with E-state index in [-0.39, 0.29) is 11.8 Å². The minimum Gasteiger partial charge on any atom is -0.507 e. The average Bonchev–Trinajstić information content (AvgIpc) is 2.42. The van der Waals surface area contributed by atoms with E-state index < -0.39 is 0 Å². The Morgan fingerprint density at radius 1 is 0.826 bits per heavy atom. The highest BCUT2D eigenvalue weighted by Crippen LogP contribution is 2.45. The van der Waals surface area contributed by atoms with Gasteiger partial charge >= 0.3 is 0 Å². The van der Waals surface area contributed by atoms with Crippen LogP contribution in [0.3, 0.4) is 0 Å². The summed E-state index contributed by atoms with van der Waals surface area (Å²) >= 11 is 0. The first-order chi connectivity index (χ1) is 10.9. The molecule has 3 rings (SSSR count). The summed E-state index contributed by atoms with van der Waals surface area (Å²) in [5, 5.41) is 21.3. The van der Waals surface area contributed by atoms with Gasteiger partial charge < -0.3 is 14.9 Å². The number of hydrogen-bond acceptors (Lipinski definition) is 3. The number of rotatable bonds is 3. The molecule has 0 aliphatic carbocycles. The van der Waals surface area contributed by atoms with Crippen molar-refractivity contribution in [2.24, 2.45) is 5.92 Å². The maximum atomic E-state index is 10.6. The standard InChI is InChI=1S/C20H24O3/c1-11-5-13(3)19(21)16(7-11)18(15-9-23-10-15)17-8-12(2)6-14(4)20(17)22/h5-8,15,18,21-22H,9-10H2,1-4H3. The fraction of sp³-hybridized carbons (Fsp3) is 0.400. The molecular weight excluding hydrogens is 288 g/mol. The smallest absolute Gasteiger partial charge is 0.122 e. The van der Waals surface area contributed by atoms with E-state index >= 15 is 0 Å². The Kier molecular flexibility index (Phi) is 4.07. The second-order valence-corrected chi connectivity index (χ2v) is 6.81. The van der Waals surface area contributed by atoms with Crippen LogP contribution in [0.5, 0.6) is 11.5 Å². The number of aryl methyl sites for hydroxylation is 4. The molecule has 0 spiro atoms. The Bertz CT molecular complexity index is 688. The molecule has 2 aromatic carbocycles. The second kappa shape index (κ2) is 5.89. The quantitative estimate of drug-likeness (QED) is 0.896. The summed E-state index contributed by atoms with van der Waals surface area (Å²) in [7, 11) is 0. The van der Waals surface area contributed by atoms with Crippen molar-refractivity contribution in [3.8, 4) is 11.5 Å². The number of hydrogen-bond donors (Lipinski definition) is 2. The third-order valence-corrected chi connectivity index (χ3v) is 4.75. The van der Waals surface area contributed by atoms with Crippen molar-refractivity contribution in [1.82, 2.24) is 0 Å². The van der Waals surface area contributed by atoms with E-state index in [2.05, 4.69) is 0 Å². The van der Waals surface area contributed by atoms with Gasteiger partial charge in [0.15, 0.2) is 0 Å². The van der Waals surface area contributed by atoms with Gasteiger partial charge in [-0.15, -0.1) is 0 Å². The van der Waals surface area contributed by atoms with E-state index in [0.717, 1.165) is 33.4 Å². The largest absolute Gasteiger partial charge is 0.507 e. The second-order valence-electron chi connectivity index (χ2n) is 6.81. The lowest BCUT2D eigenvalue weighted by atomic mass is 9.77. The summed E-state index contributed by atoms with van der Waals surface area (Å²) in [6.07, 6.45) is 0. The van der Waals surface area contributed by atoms with E-state index in [1.807, 2.05) is 52.0 Å². The zero-order valence-electron chi connectivity index (χ0n) is 14.2. The summed E-state index contributed by atoms with van der Waals surface area (Å²) in [5.41, 5.74) is 5.74. The van der Waals surface area contributed by atoms with Gasteiger partial charge in [-0.1, -0.05) is 35.4 Å². The van der Waals surface area contributed by atoms with Crippen LogP contribution >= 0.6 is 0 Å². The van der Waals surface area contributed by atoms with Crippen LogP contribution in [0.15, 0.2) is 24.3 Å². The molecule has 0 saturated carbocycles. The number of benzene rings is 2. The van der Waals surface area contributed by atoms with E-state index in [1.54, 1.807) is 0 Å². The highest BCUT2D eigenvalue weighted by Gasteiger charge is 2.35. The van der Waals surface area contributed by atoms with Gasteiger partial charge in [0.05, 0.1) is 13.2 Å². The molecule has 1 saturated heterocycles. The van der Waals surface area contributed by atoms with Crippen molar-refractivity contribution in [1.29, 1.82) is 0 Å². The van der Waals surface area contributed by atoms with Crippen LogP contribution in [-0.4, -0.2) is 23.4 Å². The first-order valence-electron chi connectivity index (χ1n) is 8.06. The molecule has 0 aromatic heterocycles. The monoisotopic (exact) mass is 312 g/mol. The van der Waals surface area contributed by atoms with Gasteiger partial charge in [-0.2, -0.15) is 0 Å². The molecular formula is C20H24O3. The highest BCUT2D eigenvalue weighted by molar-refractivity contribution is 5.54. The van der Waals surface area contributed by atoms with Gasteiger partial charge in [-0.3, -0.25) is 0 Å². The van der Waals surface area contributed by atoms with E-state index in [0.29, 0.717) is 24.7 Å². The molecule has 2 N–H and O–H groups in total. The van der Waals surface area contributed by atoms with Crippen LogP contribution in [0.4, 0.5) is 0 Å². The lowest BCUT2D eigenvalue weighted by Gasteiger charge is -2.35. The maximum absolute atomic E-state index is 10.6. The van der Waals surface area contributed by atoms with Crippen molar-refractivity contribution in [3.63, 3.8) is 0 Å². The highest BCUT2D eigenvalue weighted by atomic mass is 16.5. The average molecular weight is 312 g/mol. The third-order valence-electron chi connectivity index (χ3n) is 4.75. The van der Waals surface area contributed by atoms with Crippen LogP contribution in [0.2, 0.25) is 0 Å². The normalized spacial score (nSPS) is 15.0. The van der Waals surface area contributed by atoms with Crippen LogP contribution in [0.1, 0.15) is 39.3 Å². The number of ether oxygens (including phenoxy) is 1. The van der Waals surface area contributed by atoms with Crippen LogP contribution in [0, 0.1) is 33.6 Å². The molecule has 1 heterocycles. The van der Waals surface area contributed by atoms with Crippen LogP contribution in [0.25, 0.3) is 0 Å². The van der Waals surface area contributed by atoms with Crippen molar-refractivity contribution in [3.05, 3.63) is 57.6 Å². The molecule has 0 bridgehead atoms. The SMILES string of the molecule is Cc1cc(C)c(O)c(C(c2cc(C)cc(C)c2O)C2COC2)c1. The van der Waals surface area contributed by atoms with Gasteiger partial charge in [0.1, 0.15) is 11.5 Å². The minimum atomic E-state index is -0.0547. The maximum Gasteiger partial charge on any atom is 0.122 e. The van der Waals surface area contributed by atoms with Crippen molar-refractivity contribution >= 4 is 0 Å². The number of phenols is 2. The number of aromatic hydroxyl groups is 2. The van der Waals surface area contributed by atoms with E-state index in [1.165, 1.54) is 0 Å². The Hall–Kier alpha value is -2.00. The van der Waals surface area contributed by atoms with E-state index in [9.17, 15) is 10.2 Å². The molecule has 1 aliphatic heterocycles. The van der Waals surface area contributed by atoms with Crippen molar-refractivity contribution < 1.29 is 14.9 Å². The summed E-state index contributed by atoms with van der Waals surface area (Å²) in [6, 6.07) is 8.02. The van der Waals surface area contributed by atoms with Gasteiger partial charge in [-0.25, -0.2) is 0 Å². The van der Waals surface area contributed by atoms with Gasteiger partial charge in [-0.05, 0) is 38.8 Å². The molecule has 0 atom stereocenters. The minimum absolute atomic E-state index is 0.0547. The van der Waals surface area contributed by atoms with Gasteiger partial charge in [0.2, 0.25) is 0 Å². The summed E-state index contributed by atoms with van der Waals surface area (Å²) < 4.78 is 5.40. The van der Waals surface area contributed by atoms with Crippen molar-refractivity contribution in [2.45, 2.75) is 33.6 Å². The molecule has 3 heteroatoms. The first kappa shape index (κ1) is 15.9. The molecule has 23 heavy (non-hydrogen) atoms. The third kappa shape index (κ3) is 2.81. The number of phenolic OH excluding ortho intramolecular Hbond substituents is 2. The Balaban J connectivity index is 2.21.